The van der Waals surface area contributed by atoms with Crippen molar-refractivity contribution >= 4 is 24.0 Å². The molecular formula is C23H18N2O5. The van der Waals surface area contributed by atoms with Crippen molar-refractivity contribution in [2.75, 3.05) is 0 Å². The zero-order chi connectivity index (χ0) is 20.6. The fourth-order valence-corrected chi connectivity index (χ4v) is 5.65. The van der Waals surface area contributed by atoms with Crippen molar-refractivity contribution in [2.45, 2.75) is 12.8 Å². The van der Waals surface area contributed by atoms with E-state index in [2.05, 4.69) is 17.3 Å². The number of hydrazone groups is 1. The molecule has 1 N–H and O–H groups in total. The van der Waals surface area contributed by atoms with Crippen molar-refractivity contribution in [1.29, 1.82) is 0 Å². The molecule has 0 radical (unpaired) electrons. The minimum atomic E-state index is -0.991. The zero-order valence-corrected chi connectivity index (χ0v) is 15.9. The average molecular weight is 402 g/mol. The first-order chi connectivity index (χ1) is 14.5. The number of aromatic carboxylic acids is 1. The van der Waals surface area contributed by atoms with E-state index in [1.165, 1.54) is 18.3 Å². The molecule has 2 heterocycles. The third-order valence-electron chi connectivity index (χ3n) is 7.17. The summed E-state index contributed by atoms with van der Waals surface area (Å²) in [6.07, 6.45) is 7.86. The Morgan fingerprint density at radius 2 is 1.67 bits per heavy atom. The van der Waals surface area contributed by atoms with E-state index in [0.29, 0.717) is 11.5 Å². The van der Waals surface area contributed by atoms with Crippen molar-refractivity contribution in [1.82, 2.24) is 5.01 Å². The van der Waals surface area contributed by atoms with Crippen LogP contribution in [0.25, 0.3) is 11.3 Å². The Kier molecular flexibility index (Phi) is 3.35. The molecule has 1 saturated heterocycles. The first-order valence-electron chi connectivity index (χ1n) is 10.0. The molecule has 4 atom stereocenters. The van der Waals surface area contributed by atoms with Gasteiger partial charge in [0.05, 0.1) is 23.6 Å². The number of carboxylic acids is 1. The molecule has 2 saturated carbocycles. The second-order valence-corrected chi connectivity index (χ2v) is 8.54. The van der Waals surface area contributed by atoms with E-state index in [4.69, 9.17) is 9.52 Å². The molecule has 1 spiro atoms. The number of amides is 2. The number of imide groups is 1. The van der Waals surface area contributed by atoms with Crippen molar-refractivity contribution in [2.24, 2.45) is 34.2 Å². The molecule has 2 aromatic rings. The number of carboxylic acid groups (broad SMARTS) is 1. The lowest BCUT2D eigenvalue weighted by molar-refractivity contribution is -0.141. The van der Waals surface area contributed by atoms with E-state index in [1.807, 2.05) is 0 Å². The average Bonchev–Trinajstić information content (AvgIpc) is 3.03. The maximum Gasteiger partial charge on any atom is 0.335 e. The van der Waals surface area contributed by atoms with Crippen LogP contribution in [-0.2, 0) is 9.59 Å². The molecule has 2 bridgehead atoms. The van der Waals surface area contributed by atoms with Crippen LogP contribution in [0.5, 0.6) is 0 Å². The summed E-state index contributed by atoms with van der Waals surface area (Å²) in [4.78, 5) is 36.8. The molecule has 4 aliphatic rings. The van der Waals surface area contributed by atoms with Crippen LogP contribution in [0.3, 0.4) is 0 Å². The van der Waals surface area contributed by atoms with Gasteiger partial charge in [-0.05, 0) is 54.4 Å². The summed E-state index contributed by atoms with van der Waals surface area (Å²) in [5.74, 6) is -0.650. The van der Waals surface area contributed by atoms with Gasteiger partial charge in [-0.2, -0.15) is 10.1 Å². The highest BCUT2D eigenvalue weighted by molar-refractivity contribution is 6.07. The van der Waals surface area contributed by atoms with E-state index < -0.39 is 5.97 Å². The van der Waals surface area contributed by atoms with Gasteiger partial charge in [-0.15, -0.1) is 0 Å². The van der Waals surface area contributed by atoms with E-state index in [9.17, 15) is 14.4 Å². The SMILES string of the molecule is O=C(O)c1ccc(-c2ccc(/C=N\N3C(=O)[C@@H]4[C@@H](C3=O)[C@H]3C=C[C@H]4C34CC4)o2)cc1. The van der Waals surface area contributed by atoms with Gasteiger partial charge >= 0.3 is 5.97 Å². The van der Waals surface area contributed by atoms with Gasteiger partial charge < -0.3 is 9.52 Å². The van der Waals surface area contributed by atoms with Crippen LogP contribution in [-0.4, -0.2) is 34.1 Å². The number of carbonyl (C=O) groups is 3. The van der Waals surface area contributed by atoms with Crippen LogP contribution in [0.15, 0.2) is 58.1 Å². The summed E-state index contributed by atoms with van der Waals surface area (Å²) in [5, 5.41) is 14.2. The summed E-state index contributed by atoms with van der Waals surface area (Å²) in [7, 11) is 0. The Morgan fingerprint density at radius 3 is 2.23 bits per heavy atom. The Balaban J connectivity index is 1.21. The van der Waals surface area contributed by atoms with Gasteiger partial charge in [-0.3, -0.25) is 9.59 Å². The maximum atomic E-state index is 12.9. The minimum Gasteiger partial charge on any atom is -0.478 e. The summed E-state index contributed by atoms with van der Waals surface area (Å²) in [5.41, 5.74) is 1.09. The van der Waals surface area contributed by atoms with E-state index in [1.54, 1.807) is 24.3 Å². The number of benzene rings is 1. The van der Waals surface area contributed by atoms with Crippen molar-refractivity contribution in [3.63, 3.8) is 0 Å². The topological polar surface area (TPSA) is 100 Å². The molecule has 0 unspecified atom stereocenters. The fraction of sp³-hybridized carbons (Fsp3) is 0.304. The molecule has 30 heavy (non-hydrogen) atoms. The van der Waals surface area contributed by atoms with E-state index in [0.717, 1.165) is 23.4 Å². The van der Waals surface area contributed by atoms with Crippen LogP contribution in [0, 0.1) is 29.1 Å². The van der Waals surface area contributed by atoms with Gasteiger partial charge in [0.2, 0.25) is 0 Å². The van der Waals surface area contributed by atoms with Crippen LogP contribution < -0.4 is 0 Å². The standard InChI is InChI=1S/C23H18N2O5/c26-20-18-15-6-7-16(23(15)9-10-23)19(18)21(27)25(20)24-11-14-5-8-17(30-14)12-1-3-13(4-2-12)22(28)29/h1-8,11,15-16,18-19H,9-10H2,(H,28,29)/b24-11-/t15-,16-,18+,19+/m1/s1. The minimum absolute atomic E-state index is 0.169. The Morgan fingerprint density at radius 1 is 1.03 bits per heavy atom. The first-order valence-corrected chi connectivity index (χ1v) is 10.0. The summed E-state index contributed by atoms with van der Waals surface area (Å²) >= 11 is 0. The highest BCUT2D eigenvalue weighted by atomic mass is 16.4. The number of hydrogen-bond acceptors (Lipinski definition) is 5. The molecule has 7 heteroatoms. The van der Waals surface area contributed by atoms with E-state index in [-0.39, 0.29) is 46.5 Å². The second kappa shape index (κ2) is 5.78. The van der Waals surface area contributed by atoms with Gasteiger partial charge in [0.25, 0.3) is 11.8 Å². The number of carbonyl (C=O) groups excluding carboxylic acids is 2. The van der Waals surface area contributed by atoms with Gasteiger partial charge in [0.15, 0.2) is 0 Å². The monoisotopic (exact) mass is 402 g/mol. The molecular weight excluding hydrogens is 384 g/mol. The molecule has 6 rings (SSSR count). The Labute approximate surface area is 171 Å². The Hall–Kier alpha value is -3.48. The van der Waals surface area contributed by atoms with Gasteiger partial charge in [0.1, 0.15) is 11.5 Å². The molecule has 3 fully saturated rings. The van der Waals surface area contributed by atoms with Crippen LogP contribution in [0.1, 0.15) is 29.0 Å². The number of fused-ring (bicyclic) bond motifs is 3. The van der Waals surface area contributed by atoms with Gasteiger partial charge in [0, 0.05) is 5.56 Å². The fourth-order valence-electron chi connectivity index (χ4n) is 5.65. The zero-order valence-electron chi connectivity index (χ0n) is 15.9. The maximum absolute atomic E-state index is 12.9. The van der Waals surface area contributed by atoms with Gasteiger partial charge in [-0.1, -0.05) is 24.3 Å². The van der Waals surface area contributed by atoms with Crippen molar-refractivity contribution in [3.05, 3.63) is 59.9 Å². The molecule has 3 aliphatic carbocycles. The number of rotatable bonds is 4. The summed E-state index contributed by atoms with van der Waals surface area (Å²) in [6, 6.07) is 9.76. The van der Waals surface area contributed by atoms with Crippen LogP contribution >= 0.6 is 0 Å². The highest BCUT2D eigenvalue weighted by Crippen LogP contribution is 2.73. The molecule has 150 valence electrons. The van der Waals surface area contributed by atoms with E-state index >= 15 is 0 Å². The number of hydrogen-bond donors (Lipinski definition) is 1. The van der Waals surface area contributed by atoms with Gasteiger partial charge in [-0.25, -0.2) is 4.79 Å². The number of furan rings is 1. The van der Waals surface area contributed by atoms with Crippen LogP contribution in [0.2, 0.25) is 0 Å². The molecule has 1 aromatic heterocycles. The second-order valence-electron chi connectivity index (χ2n) is 8.54. The lowest BCUT2D eigenvalue weighted by atomic mass is 9.85. The Bertz CT molecular complexity index is 1120. The normalized spacial score (nSPS) is 30.1. The highest BCUT2D eigenvalue weighted by Gasteiger charge is 2.73. The lowest BCUT2D eigenvalue weighted by Gasteiger charge is -2.18. The summed E-state index contributed by atoms with van der Waals surface area (Å²) in [6.45, 7) is 0. The number of allylic oxidation sites excluding steroid dienone is 2. The third-order valence-corrected chi connectivity index (χ3v) is 7.17. The summed E-state index contributed by atoms with van der Waals surface area (Å²) < 4.78 is 5.73. The smallest absolute Gasteiger partial charge is 0.335 e. The lowest BCUT2D eigenvalue weighted by Crippen LogP contribution is -2.30. The van der Waals surface area contributed by atoms with Crippen LogP contribution in [0.4, 0.5) is 0 Å². The molecule has 1 aliphatic heterocycles. The van der Waals surface area contributed by atoms with Crippen molar-refractivity contribution in [3.8, 4) is 11.3 Å². The largest absolute Gasteiger partial charge is 0.478 e. The quantitative estimate of drug-likeness (QED) is 0.481. The predicted octanol–water partition coefficient (Wildman–Crippen LogP) is 3.18. The molecule has 2 amide bonds. The molecule has 7 nitrogen and oxygen atoms in total. The first kappa shape index (κ1) is 17.4. The van der Waals surface area contributed by atoms with Crippen molar-refractivity contribution < 1.29 is 23.9 Å². The predicted molar refractivity (Wildman–Crippen MR) is 105 cm³/mol. The molecule has 1 aromatic carbocycles. The third kappa shape index (κ3) is 2.20. The number of nitrogens with zero attached hydrogens (tertiary/aromatic N) is 2.